The molecule has 1 amide bonds. The molecule has 1 atom stereocenters. The number of alkyl carbamates (subject to hydrolysis) is 1. The summed E-state index contributed by atoms with van der Waals surface area (Å²) in [5.41, 5.74) is 4.94. The molecule has 1 heterocycles. The lowest BCUT2D eigenvalue weighted by molar-refractivity contribution is -0.139. The molecule has 0 radical (unpaired) electrons. The Kier molecular flexibility index (Phi) is 5.63. The summed E-state index contributed by atoms with van der Waals surface area (Å²) in [6.07, 6.45) is -0.875. The molecule has 7 nitrogen and oxygen atoms in total. The van der Waals surface area contributed by atoms with Gasteiger partial charge in [-0.15, -0.1) is 0 Å². The first kappa shape index (κ1) is 20.1. The van der Waals surface area contributed by atoms with Crippen molar-refractivity contribution in [2.24, 2.45) is 0 Å². The Morgan fingerprint density at radius 3 is 2.29 bits per heavy atom. The number of amides is 1. The van der Waals surface area contributed by atoms with Crippen LogP contribution in [0, 0.1) is 11.3 Å². The zero-order chi connectivity index (χ0) is 21.8. The van der Waals surface area contributed by atoms with Crippen LogP contribution in [0.4, 0.5) is 4.79 Å². The summed E-state index contributed by atoms with van der Waals surface area (Å²) >= 11 is 0. The molecule has 0 saturated heterocycles. The topological polar surface area (TPSA) is 112 Å². The van der Waals surface area contributed by atoms with Gasteiger partial charge in [0.15, 0.2) is 0 Å². The first-order valence-corrected chi connectivity index (χ1v) is 9.77. The molecular weight excluding hydrogens is 394 g/mol. The highest BCUT2D eigenvalue weighted by atomic mass is 16.5. The lowest BCUT2D eigenvalue weighted by atomic mass is 9.98. The summed E-state index contributed by atoms with van der Waals surface area (Å²) in [4.78, 5) is 28.1. The second-order valence-electron chi connectivity index (χ2n) is 7.19. The van der Waals surface area contributed by atoms with Gasteiger partial charge in [-0.1, -0.05) is 54.6 Å². The van der Waals surface area contributed by atoms with Crippen molar-refractivity contribution in [3.8, 4) is 17.2 Å². The Bertz CT molecular complexity index is 1140. The number of ether oxygens (including phenoxy) is 1. The van der Waals surface area contributed by atoms with Gasteiger partial charge in [-0.3, -0.25) is 0 Å². The highest BCUT2D eigenvalue weighted by Crippen LogP contribution is 2.44. The van der Waals surface area contributed by atoms with Gasteiger partial charge in [-0.25, -0.2) is 14.6 Å². The number of nitrogens with one attached hydrogen (secondary N) is 1. The summed E-state index contributed by atoms with van der Waals surface area (Å²) in [6.45, 7) is 0.0916. The Labute approximate surface area is 178 Å². The van der Waals surface area contributed by atoms with E-state index in [9.17, 15) is 14.7 Å². The van der Waals surface area contributed by atoms with E-state index in [4.69, 9.17) is 10.00 Å². The molecule has 1 aliphatic rings. The van der Waals surface area contributed by atoms with Gasteiger partial charge >= 0.3 is 12.1 Å². The second-order valence-corrected chi connectivity index (χ2v) is 7.19. The van der Waals surface area contributed by atoms with Crippen LogP contribution >= 0.6 is 0 Å². The molecule has 0 aliphatic heterocycles. The van der Waals surface area contributed by atoms with Crippen LogP contribution < -0.4 is 5.32 Å². The van der Waals surface area contributed by atoms with Crippen molar-refractivity contribution in [2.45, 2.75) is 18.4 Å². The van der Waals surface area contributed by atoms with Crippen LogP contribution in [0.25, 0.3) is 11.1 Å². The third-order valence-corrected chi connectivity index (χ3v) is 5.27. The van der Waals surface area contributed by atoms with E-state index in [1.54, 1.807) is 12.1 Å². The Balaban J connectivity index is 1.43. The predicted molar refractivity (Wildman–Crippen MR) is 112 cm³/mol. The maximum atomic E-state index is 12.4. The van der Waals surface area contributed by atoms with Crippen LogP contribution in [0.15, 0.2) is 66.7 Å². The molecule has 1 aliphatic carbocycles. The number of aliphatic carboxylic acids is 1. The smallest absolute Gasteiger partial charge is 0.407 e. The number of nitriles is 1. The van der Waals surface area contributed by atoms with Crippen LogP contribution in [-0.2, 0) is 16.0 Å². The molecule has 0 unspecified atom stereocenters. The van der Waals surface area contributed by atoms with Crippen molar-refractivity contribution >= 4 is 12.1 Å². The Morgan fingerprint density at radius 2 is 1.68 bits per heavy atom. The molecule has 0 saturated carbocycles. The number of hydrogen-bond acceptors (Lipinski definition) is 5. The van der Waals surface area contributed by atoms with E-state index >= 15 is 0 Å². The largest absolute Gasteiger partial charge is 0.480 e. The van der Waals surface area contributed by atoms with Gasteiger partial charge in [0, 0.05) is 18.0 Å². The summed E-state index contributed by atoms with van der Waals surface area (Å²) in [7, 11) is 0. The van der Waals surface area contributed by atoms with Crippen molar-refractivity contribution in [3.05, 3.63) is 89.2 Å². The highest BCUT2D eigenvalue weighted by Gasteiger charge is 2.29. The predicted octanol–water partition coefficient (Wildman–Crippen LogP) is 3.49. The minimum absolute atomic E-state index is 0.0605. The number of nitrogens with zero attached hydrogens (tertiary/aromatic N) is 2. The normalized spacial score (nSPS) is 12.9. The van der Waals surface area contributed by atoms with Gasteiger partial charge in [0.2, 0.25) is 0 Å². The zero-order valence-corrected chi connectivity index (χ0v) is 16.5. The average molecular weight is 413 g/mol. The standard InChI is InChI=1S/C24H19N3O4/c25-13-16-7-5-6-15(26-16)12-22(23(28)29)27-24(30)31-14-21-19-10-3-1-8-17(19)18-9-2-4-11-20(18)21/h1-11,21-22H,12,14H2,(H,27,30)(H,28,29)/t22-/m0/s1. The number of carboxylic acids is 1. The van der Waals surface area contributed by atoms with E-state index in [0.717, 1.165) is 22.3 Å². The SMILES string of the molecule is N#Cc1cccc(C[C@H](NC(=O)OCC2c3ccccc3-c3ccccc32)C(=O)O)n1. The fourth-order valence-corrected chi connectivity index (χ4v) is 3.85. The van der Waals surface area contributed by atoms with Crippen LogP contribution in [-0.4, -0.2) is 34.8 Å². The monoisotopic (exact) mass is 413 g/mol. The summed E-state index contributed by atoms with van der Waals surface area (Å²) in [5.74, 6) is -1.33. The second kappa shape index (κ2) is 8.67. The summed E-state index contributed by atoms with van der Waals surface area (Å²) in [6, 6.07) is 21.4. The minimum Gasteiger partial charge on any atom is -0.480 e. The first-order chi connectivity index (χ1) is 15.1. The third-order valence-electron chi connectivity index (χ3n) is 5.27. The van der Waals surface area contributed by atoms with Gasteiger partial charge in [0.05, 0.1) is 0 Å². The molecule has 2 N–H and O–H groups in total. The third kappa shape index (κ3) is 4.23. The van der Waals surface area contributed by atoms with Crippen LogP contribution in [0.5, 0.6) is 0 Å². The average Bonchev–Trinajstić information content (AvgIpc) is 3.11. The molecule has 0 fully saturated rings. The molecular formula is C24H19N3O4. The Morgan fingerprint density at radius 1 is 1.03 bits per heavy atom. The molecule has 0 bridgehead atoms. The van der Waals surface area contributed by atoms with Gasteiger partial charge in [0.25, 0.3) is 0 Å². The molecule has 1 aromatic heterocycles. The maximum absolute atomic E-state index is 12.4. The molecule has 7 heteroatoms. The van der Waals surface area contributed by atoms with Crippen molar-refractivity contribution < 1.29 is 19.4 Å². The van der Waals surface area contributed by atoms with E-state index in [1.807, 2.05) is 54.6 Å². The number of carbonyl (C=O) groups excluding carboxylic acids is 1. The van der Waals surface area contributed by atoms with Crippen molar-refractivity contribution in [1.29, 1.82) is 5.26 Å². The van der Waals surface area contributed by atoms with Crippen LogP contribution in [0.3, 0.4) is 0 Å². The number of fused-ring (bicyclic) bond motifs is 3. The van der Waals surface area contributed by atoms with Crippen LogP contribution in [0.2, 0.25) is 0 Å². The van der Waals surface area contributed by atoms with Gasteiger partial charge in [0.1, 0.15) is 24.4 Å². The molecule has 3 aromatic rings. The molecule has 154 valence electrons. The number of rotatable bonds is 6. The molecule has 0 spiro atoms. The quantitative estimate of drug-likeness (QED) is 0.640. The number of pyridine rings is 1. The zero-order valence-electron chi connectivity index (χ0n) is 16.5. The Hall–Kier alpha value is -4.18. The van der Waals surface area contributed by atoms with E-state index < -0.39 is 18.1 Å². The number of aromatic nitrogens is 1. The van der Waals surface area contributed by atoms with Gasteiger partial charge < -0.3 is 15.2 Å². The van der Waals surface area contributed by atoms with Gasteiger partial charge in [-0.05, 0) is 34.4 Å². The van der Waals surface area contributed by atoms with E-state index in [1.165, 1.54) is 6.07 Å². The number of carboxylic acid groups (broad SMARTS) is 1. The minimum atomic E-state index is -1.22. The van der Waals surface area contributed by atoms with E-state index in [0.29, 0.717) is 5.69 Å². The fraction of sp³-hybridized carbons (Fsp3) is 0.167. The van der Waals surface area contributed by atoms with E-state index in [-0.39, 0.29) is 24.6 Å². The fourth-order valence-electron chi connectivity index (χ4n) is 3.85. The van der Waals surface area contributed by atoms with Gasteiger partial charge in [-0.2, -0.15) is 5.26 Å². The number of hydrogen-bond donors (Lipinski definition) is 2. The highest BCUT2D eigenvalue weighted by molar-refractivity contribution is 5.81. The lowest BCUT2D eigenvalue weighted by Crippen LogP contribution is -2.43. The summed E-state index contributed by atoms with van der Waals surface area (Å²) in [5, 5.41) is 20.8. The lowest BCUT2D eigenvalue weighted by Gasteiger charge is -2.17. The number of benzene rings is 2. The molecule has 2 aromatic carbocycles. The van der Waals surface area contributed by atoms with Crippen molar-refractivity contribution in [1.82, 2.24) is 10.3 Å². The molecule has 31 heavy (non-hydrogen) atoms. The van der Waals surface area contributed by atoms with E-state index in [2.05, 4.69) is 10.3 Å². The summed E-state index contributed by atoms with van der Waals surface area (Å²) < 4.78 is 5.42. The first-order valence-electron chi connectivity index (χ1n) is 9.77. The van der Waals surface area contributed by atoms with Crippen molar-refractivity contribution in [2.75, 3.05) is 6.61 Å². The van der Waals surface area contributed by atoms with Crippen LogP contribution in [0.1, 0.15) is 28.4 Å². The molecule has 4 rings (SSSR count). The maximum Gasteiger partial charge on any atom is 0.407 e. The van der Waals surface area contributed by atoms with Crippen molar-refractivity contribution in [3.63, 3.8) is 0 Å². The number of carbonyl (C=O) groups is 2.